The van der Waals surface area contributed by atoms with Gasteiger partial charge in [-0.1, -0.05) is 44.0 Å². The fourth-order valence-electron chi connectivity index (χ4n) is 1.11. The van der Waals surface area contributed by atoms with Crippen molar-refractivity contribution in [1.82, 2.24) is 0 Å². The number of hydrogen-bond donors (Lipinski definition) is 0. The van der Waals surface area contributed by atoms with Gasteiger partial charge in [0, 0.05) is 16.8 Å². The van der Waals surface area contributed by atoms with E-state index in [4.69, 9.17) is 0 Å². The fraction of sp³-hybridized carbons (Fsp3) is 0.556. The molecule has 0 aromatic heterocycles. The summed E-state index contributed by atoms with van der Waals surface area (Å²) in [5.41, 5.74) is 1.56. The van der Waals surface area contributed by atoms with Crippen molar-refractivity contribution in [2.75, 3.05) is 0 Å². The zero-order chi connectivity index (χ0) is 9.23. The molecule has 1 aliphatic carbocycles. The van der Waals surface area contributed by atoms with Crippen LogP contribution in [0.2, 0.25) is 6.32 Å². The largest absolute Gasteiger partial charge is 0.0881 e. The molecule has 0 spiro atoms. The van der Waals surface area contributed by atoms with Crippen LogP contribution in [0.15, 0.2) is 23.8 Å². The Labute approximate surface area is 95.7 Å². The Morgan fingerprint density at radius 1 is 1.46 bits per heavy atom. The summed E-state index contributed by atoms with van der Waals surface area (Å²) in [5.74, 6) is 0. The average molecular weight is 219 g/mol. The van der Waals surface area contributed by atoms with E-state index in [0.717, 1.165) is 0 Å². The molecule has 0 amide bonds. The summed E-state index contributed by atoms with van der Waals surface area (Å²) in [7, 11) is 4.94. The van der Waals surface area contributed by atoms with Crippen LogP contribution in [-0.4, -0.2) is 22.0 Å². The van der Waals surface area contributed by atoms with Crippen molar-refractivity contribution in [3.8, 4) is 0 Å². The zero-order valence-corrected chi connectivity index (χ0v) is 10.1. The van der Waals surface area contributed by atoms with Crippen LogP contribution < -0.4 is 0 Å². The Morgan fingerprint density at radius 3 is 2.31 bits per heavy atom. The molecule has 13 heavy (non-hydrogen) atoms. The summed E-state index contributed by atoms with van der Waals surface area (Å²) in [6.45, 7) is 4.41. The monoisotopic (exact) mass is 219 g/mol. The van der Waals surface area contributed by atoms with Crippen LogP contribution in [0, 0.1) is 0 Å². The maximum absolute atomic E-state index is 2.21. The first-order valence-corrected chi connectivity index (χ1v) is 5.19. The molecule has 1 aliphatic rings. The molecule has 4 heteroatoms. The van der Waals surface area contributed by atoms with Crippen molar-refractivity contribution in [3.63, 3.8) is 0 Å². The predicted octanol–water partition coefficient (Wildman–Crippen LogP) is 1.04. The number of rotatable bonds is 3. The molecule has 0 saturated heterocycles. The van der Waals surface area contributed by atoms with Gasteiger partial charge < -0.3 is 0 Å². The average Bonchev–Trinajstić information content (AvgIpc) is 2.58. The van der Waals surface area contributed by atoms with Gasteiger partial charge in [0.15, 0.2) is 0 Å². The minimum absolute atomic E-state index is 0. The molecule has 1 rings (SSSR count). The Hall–Kier alpha value is 0.181. The third kappa shape index (κ3) is 10.1. The topological polar surface area (TPSA) is 0 Å². The first kappa shape index (κ1) is 15.6. The van der Waals surface area contributed by atoms with Crippen molar-refractivity contribution in [1.29, 1.82) is 0 Å². The van der Waals surface area contributed by atoms with E-state index in [1.54, 1.807) is 5.57 Å². The van der Waals surface area contributed by atoms with Crippen LogP contribution in [0.25, 0.3) is 0 Å². The zero-order valence-electron chi connectivity index (χ0n) is 9.10. The van der Waals surface area contributed by atoms with Crippen molar-refractivity contribution in [3.05, 3.63) is 23.8 Å². The smallest absolute Gasteiger partial charge is 0.0776 e. The van der Waals surface area contributed by atoms with E-state index >= 15 is 0 Å². The molecule has 0 aromatic carbocycles. The molecular formula is C9H19B3Co. The van der Waals surface area contributed by atoms with Crippen LogP contribution in [0.3, 0.4) is 0 Å². The summed E-state index contributed by atoms with van der Waals surface area (Å²) in [6.07, 6.45) is 10.3. The summed E-state index contributed by atoms with van der Waals surface area (Å²) >= 11 is 0. The second kappa shape index (κ2) is 12.2. The Kier molecular flexibility index (Phi) is 14.7. The molecule has 0 N–H and O–H groups in total. The molecule has 0 aromatic rings. The van der Waals surface area contributed by atoms with Crippen LogP contribution in [0.5, 0.6) is 0 Å². The number of hydrogen-bond acceptors (Lipinski definition) is 0. The second-order valence-corrected chi connectivity index (χ2v) is 3.16. The molecule has 73 valence electrons. The van der Waals surface area contributed by atoms with E-state index in [2.05, 4.69) is 39.8 Å². The quantitative estimate of drug-likeness (QED) is 0.621. The Balaban J connectivity index is 0. The van der Waals surface area contributed by atoms with Crippen LogP contribution in [0.1, 0.15) is 26.7 Å². The van der Waals surface area contributed by atoms with Crippen LogP contribution >= 0.6 is 0 Å². The van der Waals surface area contributed by atoms with Gasteiger partial charge in [-0.2, -0.15) is 0 Å². The van der Waals surface area contributed by atoms with Gasteiger partial charge >= 0.3 is 0 Å². The van der Waals surface area contributed by atoms with Gasteiger partial charge in [0.1, 0.15) is 0 Å². The van der Waals surface area contributed by atoms with Gasteiger partial charge in [0.25, 0.3) is 0 Å². The molecule has 0 fully saturated rings. The van der Waals surface area contributed by atoms with Crippen molar-refractivity contribution in [2.24, 2.45) is 0 Å². The summed E-state index contributed by atoms with van der Waals surface area (Å²) in [5, 5.41) is 0. The summed E-state index contributed by atoms with van der Waals surface area (Å²) in [6, 6.07) is 0. The van der Waals surface area contributed by atoms with Gasteiger partial charge in [-0.25, -0.2) is 0 Å². The third-order valence-corrected chi connectivity index (χ3v) is 2.01. The Bertz CT molecular complexity index is 153. The molecule has 0 unspecified atom stereocenters. The molecule has 1 radical (unpaired) electrons. The molecule has 0 aliphatic heterocycles. The molecular weight excluding hydrogens is 199 g/mol. The Morgan fingerprint density at radius 2 is 2.15 bits per heavy atom. The molecule has 0 heterocycles. The summed E-state index contributed by atoms with van der Waals surface area (Å²) in [4.78, 5) is 0. The van der Waals surface area contributed by atoms with Gasteiger partial charge in [-0.3, -0.25) is 0 Å². The van der Waals surface area contributed by atoms with Crippen LogP contribution in [0.4, 0.5) is 0 Å². The summed E-state index contributed by atoms with van der Waals surface area (Å²) < 4.78 is 0. The van der Waals surface area contributed by atoms with Gasteiger partial charge in [-0.15, -0.1) is 0 Å². The van der Waals surface area contributed by atoms with Crippen LogP contribution in [-0.2, 0) is 16.8 Å². The first-order valence-electron chi connectivity index (χ1n) is 5.19. The normalized spacial score (nSPS) is 12.0. The first-order chi connectivity index (χ1) is 5.85. The maximum atomic E-state index is 2.21. The fourth-order valence-corrected chi connectivity index (χ4v) is 1.11. The second-order valence-electron chi connectivity index (χ2n) is 3.16. The third-order valence-electron chi connectivity index (χ3n) is 2.01. The van der Waals surface area contributed by atoms with Crippen molar-refractivity contribution < 1.29 is 16.8 Å². The van der Waals surface area contributed by atoms with Gasteiger partial charge in [-0.05, 0) is 12.8 Å². The van der Waals surface area contributed by atoms with E-state index in [0.29, 0.717) is 0 Å². The number of allylic oxidation sites excluding steroid dienone is 4. The van der Waals surface area contributed by atoms with E-state index in [1.807, 2.05) is 0 Å². The van der Waals surface area contributed by atoms with E-state index in [1.165, 1.54) is 33.4 Å². The minimum Gasteiger partial charge on any atom is -0.0881 e. The standard InChI is InChI=1S/C7H10.C2H9B3.Co/c1-2-7-5-3-4-6-7;1-2-4-5-3;/h3-5H,2,6H2,1H3;4-5H,2-3H2,1H3;. The van der Waals surface area contributed by atoms with Gasteiger partial charge in [0.05, 0.1) is 22.0 Å². The minimum atomic E-state index is 0. The molecule has 0 nitrogen and oxygen atoms in total. The van der Waals surface area contributed by atoms with Gasteiger partial charge in [0.2, 0.25) is 0 Å². The predicted molar refractivity (Wildman–Crippen MR) is 65.5 cm³/mol. The SMILES string of the molecule is BBBCC.CCC1=CC=CC1.[Co]. The van der Waals surface area contributed by atoms with E-state index in [9.17, 15) is 0 Å². The van der Waals surface area contributed by atoms with Crippen molar-refractivity contribution >= 4 is 22.0 Å². The molecule has 0 saturated carbocycles. The van der Waals surface area contributed by atoms with Crippen molar-refractivity contribution in [2.45, 2.75) is 33.0 Å². The molecule has 0 atom stereocenters. The van der Waals surface area contributed by atoms with E-state index in [-0.39, 0.29) is 16.8 Å². The maximum Gasteiger partial charge on any atom is 0.0776 e. The molecule has 0 bridgehead atoms. The van der Waals surface area contributed by atoms with E-state index < -0.39 is 0 Å².